The molecule has 1 N–H and O–H groups in total. The Morgan fingerprint density at radius 1 is 1.40 bits per heavy atom. The molecule has 2 atom stereocenters. The largest absolute Gasteiger partial charge is 0.306 e. The summed E-state index contributed by atoms with van der Waals surface area (Å²) >= 11 is 0. The lowest BCUT2D eigenvalue weighted by atomic mass is 9.85. The number of rotatable bonds is 9. The Labute approximate surface area is 125 Å². The molecule has 2 unspecified atom stereocenters. The van der Waals surface area contributed by atoms with Gasteiger partial charge >= 0.3 is 0 Å². The van der Waals surface area contributed by atoms with E-state index in [1.807, 2.05) is 0 Å². The van der Waals surface area contributed by atoms with Gasteiger partial charge in [0.15, 0.2) is 0 Å². The van der Waals surface area contributed by atoms with E-state index in [0.717, 1.165) is 38.3 Å². The van der Waals surface area contributed by atoms with Gasteiger partial charge in [0.05, 0.1) is 6.07 Å². The minimum atomic E-state index is -0.241. The maximum absolute atomic E-state index is 9.63. The second-order valence-electron chi connectivity index (χ2n) is 6.87. The molecule has 0 aromatic rings. The van der Waals surface area contributed by atoms with E-state index in [1.165, 1.54) is 25.8 Å². The van der Waals surface area contributed by atoms with Crippen LogP contribution in [0.2, 0.25) is 0 Å². The highest BCUT2D eigenvalue weighted by Gasteiger charge is 2.42. The van der Waals surface area contributed by atoms with Crippen LogP contribution in [0.4, 0.5) is 0 Å². The van der Waals surface area contributed by atoms with Gasteiger partial charge in [0.25, 0.3) is 0 Å². The molecule has 1 aliphatic rings. The Kier molecular flexibility index (Phi) is 7.55. The van der Waals surface area contributed by atoms with Crippen molar-refractivity contribution in [3.8, 4) is 6.07 Å². The third-order valence-corrected chi connectivity index (χ3v) is 4.66. The van der Waals surface area contributed by atoms with Crippen LogP contribution in [0, 0.1) is 23.2 Å². The molecule has 0 aliphatic heterocycles. The van der Waals surface area contributed by atoms with Crippen molar-refractivity contribution in [1.82, 2.24) is 10.2 Å². The van der Waals surface area contributed by atoms with Crippen LogP contribution in [0.1, 0.15) is 59.3 Å². The zero-order chi connectivity index (χ0) is 15.0. The van der Waals surface area contributed by atoms with E-state index >= 15 is 0 Å². The van der Waals surface area contributed by atoms with Gasteiger partial charge in [-0.1, -0.05) is 27.2 Å². The maximum atomic E-state index is 9.63. The molecule has 1 fully saturated rings. The molecule has 0 aromatic heterocycles. The fourth-order valence-electron chi connectivity index (χ4n) is 3.20. The third-order valence-electron chi connectivity index (χ3n) is 4.66. The van der Waals surface area contributed by atoms with Crippen molar-refractivity contribution in [2.24, 2.45) is 11.8 Å². The zero-order valence-corrected chi connectivity index (χ0v) is 13.9. The number of nitrogens with one attached hydrogen (secondary N) is 1. The van der Waals surface area contributed by atoms with E-state index in [0.29, 0.717) is 5.92 Å². The van der Waals surface area contributed by atoms with Gasteiger partial charge in [-0.05, 0) is 70.6 Å². The van der Waals surface area contributed by atoms with Crippen LogP contribution in [0.15, 0.2) is 0 Å². The molecule has 0 saturated heterocycles. The first kappa shape index (κ1) is 17.5. The van der Waals surface area contributed by atoms with Crippen LogP contribution in [0.5, 0.6) is 0 Å². The Balaban J connectivity index is 2.43. The van der Waals surface area contributed by atoms with Gasteiger partial charge in [-0.25, -0.2) is 0 Å². The first-order chi connectivity index (χ1) is 9.54. The third kappa shape index (κ3) is 5.07. The molecule has 0 radical (unpaired) electrons. The first-order valence-corrected chi connectivity index (χ1v) is 8.39. The van der Waals surface area contributed by atoms with E-state index in [-0.39, 0.29) is 5.54 Å². The van der Waals surface area contributed by atoms with Crippen molar-refractivity contribution in [3.05, 3.63) is 0 Å². The summed E-state index contributed by atoms with van der Waals surface area (Å²) in [5.74, 6) is 1.30. The molecule has 1 saturated carbocycles. The Hall–Kier alpha value is -0.590. The molecular weight excluding hydrogens is 246 g/mol. The van der Waals surface area contributed by atoms with E-state index < -0.39 is 0 Å². The molecule has 0 bridgehead atoms. The van der Waals surface area contributed by atoms with Gasteiger partial charge < -0.3 is 4.90 Å². The van der Waals surface area contributed by atoms with E-state index in [2.05, 4.69) is 44.1 Å². The summed E-state index contributed by atoms with van der Waals surface area (Å²) in [6.07, 6.45) is 6.96. The van der Waals surface area contributed by atoms with Gasteiger partial charge in [-0.15, -0.1) is 0 Å². The lowest BCUT2D eigenvalue weighted by molar-refractivity contribution is 0.242. The lowest BCUT2D eigenvalue weighted by Gasteiger charge is -2.31. The summed E-state index contributed by atoms with van der Waals surface area (Å²) in [5.41, 5.74) is -0.241. The van der Waals surface area contributed by atoms with E-state index in [9.17, 15) is 5.26 Å². The molecule has 0 aromatic carbocycles. The summed E-state index contributed by atoms with van der Waals surface area (Å²) in [4.78, 5) is 2.43. The maximum Gasteiger partial charge on any atom is 0.109 e. The minimum absolute atomic E-state index is 0.241. The monoisotopic (exact) mass is 279 g/mol. The van der Waals surface area contributed by atoms with Crippen molar-refractivity contribution in [2.75, 3.05) is 26.7 Å². The number of hydrogen-bond donors (Lipinski definition) is 1. The highest BCUT2D eigenvalue weighted by atomic mass is 15.1. The topological polar surface area (TPSA) is 39.1 Å². The second kappa shape index (κ2) is 8.64. The molecule has 116 valence electrons. The Bertz CT molecular complexity index is 308. The normalized spacial score (nSPS) is 26.4. The average Bonchev–Trinajstić information content (AvgIpc) is 2.84. The summed E-state index contributed by atoms with van der Waals surface area (Å²) in [7, 11) is 2.21. The number of nitrogens with zero attached hydrogens (tertiary/aromatic N) is 2. The molecule has 1 rings (SSSR count). The van der Waals surface area contributed by atoms with Crippen molar-refractivity contribution in [2.45, 2.75) is 64.8 Å². The summed E-state index contributed by atoms with van der Waals surface area (Å²) in [6, 6.07) is 2.61. The average molecular weight is 279 g/mol. The molecule has 0 spiro atoms. The molecular formula is C17H33N3. The predicted molar refractivity (Wildman–Crippen MR) is 85.5 cm³/mol. The summed E-state index contributed by atoms with van der Waals surface area (Å²) in [5, 5.41) is 13.2. The van der Waals surface area contributed by atoms with Crippen molar-refractivity contribution >= 4 is 0 Å². The van der Waals surface area contributed by atoms with Crippen molar-refractivity contribution < 1.29 is 0 Å². The molecule has 0 heterocycles. The quantitative estimate of drug-likeness (QED) is 0.703. The van der Waals surface area contributed by atoms with Crippen molar-refractivity contribution in [3.63, 3.8) is 0 Å². The van der Waals surface area contributed by atoms with Crippen LogP contribution in [0.25, 0.3) is 0 Å². The van der Waals surface area contributed by atoms with Crippen molar-refractivity contribution in [1.29, 1.82) is 5.26 Å². The first-order valence-electron chi connectivity index (χ1n) is 8.39. The Morgan fingerprint density at radius 2 is 2.15 bits per heavy atom. The second-order valence-corrected chi connectivity index (χ2v) is 6.87. The smallest absolute Gasteiger partial charge is 0.109 e. The number of nitriles is 1. The highest BCUT2D eigenvalue weighted by molar-refractivity contribution is 5.14. The van der Waals surface area contributed by atoms with Gasteiger partial charge in [0.2, 0.25) is 0 Å². The van der Waals surface area contributed by atoms with Crippen LogP contribution < -0.4 is 5.32 Å². The predicted octanol–water partition coefficient (Wildman–Crippen LogP) is 3.42. The zero-order valence-electron chi connectivity index (χ0n) is 13.9. The standard InChI is InChI=1S/C17H33N3/c1-5-11-19-17(14-18)10-6-7-16(17)9-13-20(4)12-8-15(2)3/h15-16,19H,5-13H2,1-4H3. The fraction of sp³-hybridized carbons (Fsp3) is 0.941. The van der Waals surface area contributed by atoms with Gasteiger partial charge in [0.1, 0.15) is 5.54 Å². The van der Waals surface area contributed by atoms with E-state index in [1.54, 1.807) is 0 Å². The number of hydrogen-bond acceptors (Lipinski definition) is 3. The molecule has 20 heavy (non-hydrogen) atoms. The SMILES string of the molecule is CCCNC1(C#N)CCCC1CCN(C)CCC(C)C. The summed E-state index contributed by atoms with van der Waals surface area (Å²) < 4.78 is 0. The Morgan fingerprint density at radius 3 is 2.75 bits per heavy atom. The fourth-order valence-corrected chi connectivity index (χ4v) is 3.20. The highest BCUT2D eigenvalue weighted by Crippen LogP contribution is 2.37. The van der Waals surface area contributed by atoms with Gasteiger partial charge in [0, 0.05) is 0 Å². The lowest BCUT2D eigenvalue weighted by Crippen LogP contribution is -2.48. The molecule has 1 aliphatic carbocycles. The minimum Gasteiger partial charge on any atom is -0.306 e. The summed E-state index contributed by atoms with van der Waals surface area (Å²) in [6.45, 7) is 9.98. The molecule has 3 heteroatoms. The molecule has 3 nitrogen and oxygen atoms in total. The van der Waals surface area contributed by atoms with E-state index in [4.69, 9.17) is 0 Å². The van der Waals surface area contributed by atoms with Crippen LogP contribution in [-0.4, -0.2) is 37.1 Å². The van der Waals surface area contributed by atoms with Gasteiger partial charge in [-0.3, -0.25) is 5.32 Å². The van der Waals surface area contributed by atoms with Crippen LogP contribution >= 0.6 is 0 Å². The molecule has 0 amide bonds. The van der Waals surface area contributed by atoms with Gasteiger partial charge in [-0.2, -0.15) is 5.26 Å². The van der Waals surface area contributed by atoms with Crippen LogP contribution in [-0.2, 0) is 0 Å². The van der Waals surface area contributed by atoms with Crippen LogP contribution in [0.3, 0.4) is 0 Å².